The molecule has 27 heavy (non-hydrogen) atoms. The number of aryl methyl sites for hydroxylation is 2. The van der Waals surface area contributed by atoms with E-state index in [9.17, 15) is 0 Å². The fourth-order valence-electron chi connectivity index (χ4n) is 3.22. The topological polar surface area (TPSA) is 43.6 Å². The third-order valence-corrected chi connectivity index (χ3v) is 5.77. The van der Waals surface area contributed by atoms with Gasteiger partial charge in [-0.15, -0.1) is 5.10 Å². The van der Waals surface area contributed by atoms with Crippen LogP contribution < -0.4 is 0 Å². The number of thioether (sulfide) groups is 1. The molecule has 0 N–H and O–H groups in total. The van der Waals surface area contributed by atoms with Crippen LogP contribution in [0.4, 0.5) is 0 Å². The number of aromatic nitrogens is 4. The Balaban J connectivity index is 1.77. The van der Waals surface area contributed by atoms with Crippen LogP contribution in [0, 0.1) is 13.8 Å². The van der Waals surface area contributed by atoms with Crippen LogP contribution in [0.2, 0.25) is 0 Å². The lowest BCUT2D eigenvalue weighted by Crippen LogP contribution is -2.06. The third-order valence-electron chi connectivity index (χ3n) is 4.52. The van der Waals surface area contributed by atoms with Crippen LogP contribution in [0.15, 0.2) is 84.0 Å². The maximum absolute atomic E-state index is 4.33. The second-order valence-corrected chi connectivity index (χ2v) is 7.51. The zero-order chi connectivity index (χ0) is 18.6. The zero-order valence-electron chi connectivity index (χ0n) is 15.3. The number of nitrogens with zero attached hydrogens (tertiary/aromatic N) is 4. The van der Waals surface area contributed by atoms with Crippen molar-refractivity contribution < 1.29 is 0 Å². The average Bonchev–Trinajstić information content (AvgIpc) is 3.15. The second-order valence-electron chi connectivity index (χ2n) is 6.43. The number of hydrogen-bond acceptors (Lipinski definition) is 4. The van der Waals surface area contributed by atoms with E-state index in [4.69, 9.17) is 0 Å². The van der Waals surface area contributed by atoms with Gasteiger partial charge in [-0.1, -0.05) is 90.6 Å². The van der Waals surface area contributed by atoms with Gasteiger partial charge in [-0.2, -0.15) is 4.68 Å². The number of benzene rings is 3. The molecule has 0 aliphatic rings. The van der Waals surface area contributed by atoms with Crippen molar-refractivity contribution in [3.8, 4) is 5.69 Å². The Labute approximate surface area is 163 Å². The number of para-hydroxylation sites is 1. The van der Waals surface area contributed by atoms with E-state index in [-0.39, 0.29) is 5.25 Å². The first-order valence-electron chi connectivity index (χ1n) is 8.85. The molecule has 4 rings (SSSR count). The van der Waals surface area contributed by atoms with Crippen LogP contribution in [-0.4, -0.2) is 20.2 Å². The monoisotopic (exact) mass is 372 g/mol. The van der Waals surface area contributed by atoms with Gasteiger partial charge in [0.15, 0.2) is 0 Å². The lowest BCUT2D eigenvalue weighted by Gasteiger charge is -2.18. The van der Waals surface area contributed by atoms with Crippen molar-refractivity contribution in [3.05, 3.63) is 101 Å². The molecule has 0 aliphatic carbocycles. The van der Waals surface area contributed by atoms with E-state index in [1.807, 2.05) is 16.8 Å². The third kappa shape index (κ3) is 3.64. The minimum atomic E-state index is 0.112. The first-order chi connectivity index (χ1) is 13.2. The Hall–Kier alpha value is -2.92. The summed E-state index contributed by atoms with van der Waals surface area (Å²) in [5.41, 5.74) is 5.81. The predicted molar refractivity (Wildman–Crippen MR) is 109 cm³/mol. The summed E-state index contributed by atoms with van der Waals surface area (Å²) in [5.74, 6) is 0. The summed E-state index contributed by atoms with van der Waals surface area (Å²) in [4.78, 5) is 0. The van der Waals surface area contributed by atoms with E-state index in [2.05, 4.69) is 96.1 Å². The van der Waals surface area contributed by atoms with E-state index in [0.29, 0.717) is 0 Å². The number of hydrogen-bond donors (Lipinski definition) is 0. The van der Waals surface area contributed by atoms with Crippen molar-refractivity contribution >= 4 is 11.8 Å². The fraction of sp³-hybridized carbons (Fsp3) is 0.136. The van der Waals surface area contributed by atoms with Gasteiger partial charge < -0.3 is 0 Å². The van der Waals surface area contributed by atoms with Crippen molar-refractivity contribution in [2.24, 2.45) is 0 Å². The molecule has 0 spiro atoms. The Kier molecular flexibility index (Phi) is 5.03. The lowest BCUT2D eigenvalue weighted by molar-refractivity contribution is 0.746. The van der Waals surface area contributed by atoms with Crippen LogP contribution in [-0.2, 0) is 0 Å². The van der Waals surface area contributed by atoms with Crippen LogP contribution in [0.1, 0.15) is 27.5 Å². The standard InChI is InChI=1S/C22H20N4S/c1-16-10-9-11-17(2)20(16)26-22(23-24-25-26)27-21(18-12-5-3-6-13-18)19-14-7-4-8-15-19/h3-15,21H,1-2H3. The second kappa shape index (κ2) is 7.76. The molecule has 0 atom stereocenters. The van der Waals surface area contributed by atoms with Gasteiger partial charge in [0, 0.05) is 0 Å². The summed E-state index contributed by atoms with van der Waals surface area (Å²) >= 11 is 1.67. The Morgan fingerprint density at radius 2 is 1.30 bits per heavy atom. The smallest absolute Gasteiger partial charge is 0.187 e. The molecule has 0 unspecified atom stereocenters. The molecule has 0 bridgehead atoms. The summed E-state index contributed by atoms with van der Waals surface area (Å²) < 4.78 is 1.86. The van der Waals surface area contributed by atoms with Crippen LogP contribution in [0.3, 0.4) is 0 Å². The normalized spacial score (nSPS) is 11.1. The molecule has 1 aromatic heterocycles. The van der Waals surface area contributed by atoms with Gasteiger partial charge in [0.2, 0.25) is 5.16 Å². The van der Waals surface area contributed by atoms with Gasteiger partial charge >= 0.3 is 0 Å². The van der Waals surface area contributed by atoms with Gasteiger partial charge in [0.05, 0.1) is 10.9 Å². The van der Waals surface area contributed by atoms with Crippen molar-refractivity contribution in [3.63, 3.8) is 0 Å². The van der Waals surface area contributed by atoms with E-state index >= 15 is 0 Å². The molecule has 0 amide bonds. The molecule has 0 saturated heterocycles. The summed E-state index contributed by atoms with van der Waals surface area (Å²) in [5, 5.41) is 13.5. The van der Waals surface area contributed by atoms with Gasteiger partial charge in [-0.25, -0.2) is 0 Å². The molecule has 5 heteroatoms. The van der Waals surface area contributed by atoms with Crippen molar-refractivity contribution in [1.82, 2.24) is 20.2 Å². The average molecular weight is 372 g/mol. The Bertz CT molecular complexity index is 969. The van der Waals surface area contributed by atoms with Gasteiger partial charge in [0.25, 0.3) is 0 Å². The van der Waals surface area contributed by atoms with Gasteiger partial charge in [-0.3, -0.25) is 0 Å². The molecule has 4 nitrogen and oxygen atoms in total. The molecule has 0 aliphatic heterocycles. The Morgan fingerprint density at radius 3 is 1.85 bits per heavy atom. The lowest BCUT2D eigenvalue weighted by atomic mass is 10.0. The predicted octanol–water partition coefficient (Wildman–Crippen LogP) is 5.16. The number of rotatable bonds is 5. The van der Waals surface area contributed by atoms with Gasteiger partial charge in [-0.05, 0) is 46.5 Å². The summed E-state index contributed by atoms with van der Waals surface area (Å²) in [6.07, 6.45) is 0. The number of tetrazole rings is 1. The Morgan fingerprint density at radius 1 is 0.741 bits per heavy atom. The van der Waals surface area contributed by atoms with E-state index < -0.39 is 0 Å². The SMILES string of the molecule is Cc1cccc(C)c1-n1nnnc1SC(c1ccccc1)c1ccccc1. The maximum Gasteiger partial charge on any atom is 0.215 e. The highest BCUT2D eigenvalue weighted by molar-refractivity contribution is 7.99. The molecule has 0 saturated carbocycles. The van der Waals surface area contributed by atoms with Crippen molar-refractivity contribution in [2.75, 3.05) is 0 Å². The van der Waals surface area contributed by atoms with Crippen LogP contribution >= 0.6 is 11.8 Å². The first-order valence-corrected chi connectivity index (χ1v) is 9.73. The van der Waals surface area contributed by atoms with Crippen molar-refractivity contribution in [1.29, 1.82) is 0 Å². The maximum atomic E-state index is 4.33. The zero-order valence-corrected chi connectivity index (χ0v) is 16.1. The summed E-state index contributed by atoms with van der Waals surface area (Å²) in [6.45, 7) is 4.18. The molecule has 0 fully saturated rings. The van der Waals surface area contributed by atoms with Crippen molar-refractivity contribution in [2.45, 2.75) is 24.3 Å². The molecule has 4 aromatic rings. The summed E-state index contributed by atoms with van der Waals surface area (Å²) in [6, 6.07) is 27.2. The largest absolute Gasteiger partial charge is 0.215 e. The highest BCUT2D eigenvalue weighted by Gasteiger charge is 2.21. The fourth-order valence-corrected chi connectivity index (χ4v) is 4.33. The van der Waals surface area contributed by atoms with E-state index in [1.165, 1.54) is 11.1 Å². The van der Waals surface area contributed by atoms with Crippen LogP contribution in [0.25, 0.3) is 5.69 Å². The van der Waals surface area contributed by atoms with E-state index in [0.717, 1.165) is 22.0 Å². The highest BCUT2D eigenvalue weighted by atomic mass is 32.2. The first kappa shape index (κ1) is 17.5. The minimum absolute atomic E-state index is 0.112. The minimum Gasteiger partial charge on any atom is -0.187 e. The molecular formula is C22H20N4S. The molecule has 0 radical (unpaired) electrons. The molecule has 1 heterocycles. The van der Waals surface area contributed by atoms with Crippen LogP contribution in [0.5, 0.6) is 0 Å². The molecule has 134 valence electrons. The molecular weight excluding hydrogens is 352 g/mol. The van der Waals surface area contributed by atoms with Gasteiger partial charge in [0.1, 0.15) is 0 Å². The van der Waals surface area contributed by atoms with E-state index in [1.54, 1.807) is 11.8 Å². The molecule has 3 aromatic carbocycles. The quantitative estimate of drug-likeness (QED) is 0.454. The summed E-state index contributed by atoms with van der Waals surface area (Å²) in [7, 11) is 0. The highest BCUT2D eigenvalue weighted by Crippen LogP contribution is 2.40.